The molecule has 1 amide bonds. The van der Waals surface area contributed by atoms with Gasteiger partial charge in [-0.2, -0.15) is 4.31 Å². The van der Waals surface area contributed by atoms with Gasteiger partial charge in [0.2, 0.25) is 15.9 Å². The number of benzene rings is 1. The van der Waals surface area contributed by atoms with E-state index in [-0.39, 0.29) is 4.90 Å². The van der Waals surface area contributed by atoms with E-state index in [1.54, 1.807) is 19.1 Å². The maximum atomic E-state index is 12.5. The first-order valence-corrected chi connectivity index (χ1v) is 7.87. The lowest BCUT2D eigenvalue weighted by Crippen LogP contribution is -2.43. The molecule has 20 heavy (non-hydrogen) atoms. The number of carbonyl (C=O) groups is 1. The molecule has 0 bridgehead atoms. The van der Waals surface area contributed by atoms with Crippen molar-refractivity contribution in [2.24, 2.45) is 5.73 Å². The third kappa shape index (κ3) is 2.70. The van der Waals surface area contributed by atoms with Gasteiger partial charge in [-0.25, -0.2) is 8.42 Å². The number of nitrogens with two attached hydrogens (primary N) is 1. The number of carbonyl (C=O) groups excluding carboxylic acids is 1. The summed E-state index contributed by atoms with van der Waals surface area (Å²) in [6, 6.07) is 5.23. The van der Waals surface area contributed by atoms with E-state index in [0.29, 0.717) is 24.9 Å². The van der Waals surface area contributed by atoms with Crippen LogP contribution in [-0.2, 0) is 14.8 Å². The molecular formula is C13H18N2O4S. The quantitative estimate of drug-likeness (QED) is 0.839. The number of aliphatic hydroxyl groups excluding tert-OH is 1. The Balaban J connectivity index is 2.32. The van der Waals surface area contributed by atoms with Gasteiger partial charge in [-0.05, 0) is 37.5 Å². The van der Waals surface area contributed by atoms with Crippen molar-refractivity contribution < 1.29 is 18.3 Å². The molecule has 6 nitrogen and oxygen atoms in total. The van der Waals surface area contributed by atoms with E-state index in [1.165, 1.54) is 12.1 Å². The highest BCUT2D eigenvalue weighted by Crippen LogP contribution is 2.26. The van der Waals surface area contributed by atoms with Gasteiger partial charge in [0.05, 0.1) is 11.0 Å². The van der Waals surface area contributed by atoms with Gasteiger partial charge in [0, 0.05) is 6.54 Å². The summed E-state index contributed by atoms with van der Waals surface area (Å²) in [6.45, 7) is 1.90. The van der Waals surface area contributed by atoms with Gasteiger partial charge in [-0.3, -0.25) is 4.79 Å². The van der Waals surface area contributed by atoms with Crippen LogP contribution < -0.4 is 5.73 Å². The Morgan fingerprint density at radius 2 is 2.00 bits per heavy atom. The van der Waals surface area contributed by atoms with Crippen molar-refractivity contribution in [2.75, 3.05) is 6.54 Å². The summed E-state index contributed by atoms with van der Waals surface area (Å²) in [6.07, 6.45) is 0.427. The lowest BCUT2D eigenvalue weighted by Gasteiger charge is -2.21. The van der Waals surface area contributed by atoms with Crippen LogP contribution >= 0.6 is 0 Å². The molecule has 1 aliphatic rings. The second-order valence-corrected chi connectivity index (χ2v) is 6.81. The Morgan fingerprint density at radius 1 is 1.40 bits per heavy atom. The monoisotopic (exact) mass is 298 g/mol. The van der Waals surface area contributed by atoms with Crippen molar-refractivity contribution in [3.8, 4) is 0 Å². The fourth-order valence-corrected chi connectivity index (χ4v) is 4.03. The Kier molecular flexibility index (Phi) is 4.12. The van der Waals surface area contributed by atoms with Gasteiger partial charge < -0.3 is 10.8 Å². The lowest BCUT2D eigenvalue weighted by molar-refractivity contribution is -0.121. The zero-order valence-electron chi connectivity index (χ0n) is 11.2. The SMILES string of the molecule is CC(O)c1ccc(S(=O)(=O)N2CCCC2C(N)=O)cc1. The number of hydrogen-bond donors (Lipinski definition) is 2. The van der Waals surface area contributed by atoms with Crippen molar-refractivity contribution in [1.29, 1.82) is 0 Å². The molecule has 0 saturated carbocycles. The van der Waals surface area contributed by atoms with Crippen LogP contribution in [-0.4, -0.2) is 36.3 Å². The highest BCUT2D eigenvalue weighted by atomic mass is 32.2. The van der Waals surface area contributed by atoms with Gasteiger partial charge in [0.15, 0.2) is 0 Å². The molecule has 0 radical (unpaired) electrons. The Bertz CT molecular complexity index is 595. The van der Waals surface area contributed by atoms with E-state index in [2.05, 4.69) is 0 Å². The van der Waals surface area contributed by atoms with Crippen LogP contribution in [0.4, 0.5) is 0 Å². The minimum Gasteiger partial charge on any atom is -0.389 e. The first-order valence-electron chi connectivity index (χ1n) is 6.43. The average Bonchev–Trinajstić information content (AvgIpc) is 2.89. The van der Waals surface area contributed by atoms with E-state index in [9.17, 15) is 18.3 Å². The van der Waals surface area contributed by atoms with Crippen LogP contribution in [0.2, 0.25) is 0 Å². The molecule has 1 heterocycles. The van der Waals surface area contributed by atoms with Crippen LogP contribution in [0.1, 0.15) is 31.4 Å². The standard InChI is InChI=1S/C13H18N2O4S/c1-9(16)10-4-6-11(7-5-10)20(18,19)15-8-2-3-12(15)13(14)17/h4-7,9,12,16H,2-3,8H2,1H3,(H2,14,17). The fraction of sp³-hybridized carbons (Fsp3) is 0.462. The van der Waals surface area contributed by atoms with Crippen molar-refractivity contribution in [1.82, 2.24) is 4.31 Å². The van der Waals surface area contributed by atoms with E-state index in [4.69, 9.17) is 5.73 Å². The Hall–Kier alpha value is -1.44. The van der Waals surface area contributed by atoms with Crippen LogP contribution in [0.5, 0.6) is 0 Å². The summed E-state index contributed by atoms with van der Waals surface area (Å²) >= 11 is 0. The first kappa shape index (κ1) is 15.0. The molecule has 2 rings (SSSR count). The third-order valence-corrected chi connectivity index (χ3v) is 5.42. The number of amides is 1. The van der Waals surface area contributed by atoms with Crippen LogP contribution in [0.15, 0.2) is 29.2 Å². The van der Waals surface area contributed by atoms with E-state index >= 15 is 0 Å². The molecule has 3 N–H and O–H groups in total. The van der Waals surface area contributed by atoms with Crippen LogP contribution in [0, 0.1) is 0 Å². The summed E-state index contributed by atoms with van der Waals surface area (Å²) in [5, 5.41) is 9.42. The van der Waals surface area contributed by atoms with Crippen molar-refractivity contribution in [3.05, 3.63) is 29.8 Å². The minimum atomic E-state index is -3.72. The average molecular weight is 298 g/mol. The topological polar surface area (TPSA) is 101 Å². The van der Waals surface area contributed by atoms with E-state index in [1.807, 2.05) is 0 Å². The molecule has 2 atom stereocenters. The normalized spacial score (nSPS) is 21.8. The van der Waals surface area contributed by atoms with Gasteiger partial charge in [0.1, 0.15) is 6.04 Å². The molecule has 0 spiro atoms. The van der Waals surface area contributed by atoms with Gasteiger partial charge in [-0.15, -0.1) is 0 Å². The summed E-state index contributed by atoms with van der Waals surface area (Å²) in [7, 11) is -3.72. The smallest absolute Gasteiger partial charge is 0.243 e. The van der Waals surface area contributed by atoms with Crippen molar-refractivity contribution in [3.63, 3.8) is 0 Å². The molecular weight excluding hydrogens is 280 g/mol. The zero-order valence-corrected chi connectivity index (χ0v) is 12.0. The highest BCUT2D eigenvalue weighted by Gasteiger charge is 2.38. The first-order chi connectivity index (χ1) is 9.34. The number of aliphatic hydroxyl groups is 1. The summed E-state index contributed by atoms with van der Waals surface area (Å²) < 4.78 is 26.1. The number of hydrogen-bond acceptors (Lipinski definition) is 4. The summed E-state index contributed by atoms with van der Waals surface area (Å²) in [4.78, 5) is 11.4. The fourth-order valence-electron chi connectivity index (χ4n) is 2.37. The van der Waals surface area contributed by atoms with E-state index in [0.717, 1.165) is 4.31 Å². The summed E-state index contributed by atoms with van der Waals surface area (Å²) in [5.74, 6) is -0.619. The number of nitrogens with zero attached hydrogens (tertiary/aromatic N) is 1. The second-order valence-electron chi connectivity index (χ2n) is 4.92. The van der Waals surface area contributed by atoms with Crippen molar-refractivity contribution in [2.45, 2.75) is 36.8 Å². The second kappa shape index (κ2) is 5.51. The largest absolute Gasteiger partial charge is 0.389 e. The molecule has 110 valence electrons. The zero-order chi connectivity index (χ0) is 14.9. The van der Waals surface area contributed by atoms with Gasteiger partial charge in [0.25, 0.3) is 0 Å². The molecule has 1 fully saturated rings. The number of primary amides is 1. The van der Waals surface area contributed by atoms with Gasteiger partial charge in [-0.1, -0.05) is 12.1 Å². The minimum absolute atomic E-state index is 0.107. The molecule has 2 unspecified atom stereocenters. The molecule has 1 saturated heterocycles. The number of sulfonamides is 1. The molecule has 0 aliphatic carbocycles. The molecule has 1 aromatic rings. The number of rotatable bonds is 4. The Labute approximate surface area is 118 Å². The molecule has 7 heteroatoms. The highest BCUT2D eigenvalue weighted by molar-refractivity contribution is 7.89. The molecule has 0 aromatic heterocycles. The predicted octanol–water partition coefficient (Wildman–Crippen LogP) is 0.378. The lowest BCUT2D eigenvalue weighted by atomic mass is 10.1. The molecule has 1 aromatic carbocycles. The van der Waals surface area contributed by atoms with E-state index < -0.39 is 28.1 Å². The Morgan fingerprint density at radius 3 is 2.50 bits per heavy atom. The predicted molar refractivity (Wildman–Crippen MR) is 73.2 cm³/mol. The van der Waals surface area contributed by atoms with Gasteiger partial charge >= 0.3 is 0 Å². The van der Waals surface area contributed by atoms with Crippen LogP contribution in [0.3, 0.4) is 0 Å². The maximum Gasteiger partial charge on any atom is 0.243 e. The maximum absolute atomic E-state index is 12.5. The van der Waals surface area contributed by atoms with Crippen LogP contribution in [0.25, 0.3) is 0 Å². The third-order valence-electron chi connectivity index (χ3n) is 3.50. The molecule has 1 aliphatic heterocycles. The van der Waals surface area contributed by atoms with Crippen molar-refractivity contribution >= 4 is 15.9 Å². The summed E-state index contributed by atoms with van der Waals surface area (Å²) in [5.41, 5.74) is 5.88.